The molecule has 0 spiro atoms. The molecule has 1 N–H and O–H groups in total. The maximum atomic E-state index is 13.0. The Hall–Kier alpha value is -0.710. The van der Waals surface area contributed by atoms with E-state index in [0.717, 1.165) is 11.3 Å². The second kappa shape index (κ2) is 5.49. The monoisotopic (exact) mass is 308 g/mol. The van der Waals surface area contributed by atoms with E-state index in [1.54, 1.807) is 0 Å². The number of aliphatic hydroxyl groups is 1. The Balaban J connectivity index is 1.90. The molecule has 0 unspecified atom stereocenters. The second-order valence-corrected chi connectivity index (χ2v) is 8.68. The van der Waals surface area contributed by atoms with Crippen molar-refractivity contribution in [3.05, 3.63) is 29.8 Å². The first-order valence-corrected chi connectivity index (χ1v) is 8.86. The third-order valence-electron chi connectivity index (χ3n) is 5.35. The first kappa shape index (κ1) is 15.2. The first-order valence-electron chi connectivity index (χ1n) is 7.65. The standard InChI is InChI=1S/C17H24O3S/c1-11-4-6-13(7-5-11)21(19)15-8-12(9-18)14-10-20-16(15)17(14,2)3/h4-7,12,14-16,18H,8-10H2,1-3H3/t12-,14+,15-,16-,21+/m1/s1. The van der Waals surface area contributed by atoms with E-state index in [4.69, 9.17) is 4.74 Å². The van der Waals surface area contributed by atoms with Crippen LogP contribution < -0.4 is 0 Å². The van der Waals surface area contributed by atoms with Gasteiger partial charge in [-0.3, -0.25) is 4.21 Å². The van der Waals surface area contributed by atoms with Gasteiger partial charge in [-0.15, -0.1) is 0 Å². The van der Waals surface area contributed by atoms with Crippen molar-refractivity contribution in [1.29, 1.82) is 0 Å². The summed E-state index contributed by atoms with van der Waals surface area (Å²) >= 11 is 0. The summed E-state index contributed by atoms with van der Waals surface area (Å²) in [6.45, 7) is 7.26. The number of rotatable bonds is 3. The highest BCUT2D eigenvalue weighted by molar-refractivity contribution is 7.85. The summed E-state index contributed by atoms with van der Waals surface area (Å²) in [6.07, 6.45) is 0.808. The van der Waals surface area contributed by atoms with Crippen molar-refractivity contribution in [2.45, 2.75) is 43.4 Å². The van der Waals surface area contributed by atoms with Crippen LogP contribution in [0.1, 0.15) is 25.8 Å². The Morgan fingerprint density at radius 1 is 1.33 bits per heavy atom. The Morgan fingerprint density at radius 3 is 2.62 bits per heavy atom. The molecule has 5 atom stereocenters. The molecular weight excluding hydrogens is 284 g/mol. The van der Waals surface area contributed by atoms with Crippen molar-refractivity contribution >= 4 is 10.8 Å². The van der Waals surface area contributed by atoms with Gasteiger partial charge in [0, 0.05) is 11.5 Å². The van der Waals surface area contributed by atoms with Gasteiger partial charge in [0.15, 0.2) is 0 Å². The van der Waals surface area contributed by atoms with Crippen LogP contribution >= 0.6 is 0 Å². The minimum Gasteiger partial charge on any atom is -0.396 e. The number of aryl methyl sites for hydroxylation is 1. The van der Waals surface area contributed by atoms with Crippen molar-refractivity contribution in [2.75, 3.05) is 13.2 Å². The molecule has 21 heavy (non-hydrogen) atoms. The SMILES string of the molecule is Cc1ccc([S@](=O)[C@@H]2C[C@H](CO)[C@@H]3CO[C@H]2C3(C)C)cc1. The van der Waals surface area contributed by atoms with Gasteiger partial charge in [-0.1, -0.05) is 31.5 Å². The molecule has 3 nitrogen and oxygen atoms in total. The summed E-state index contributed by atoms with van der Waals surface area (Å²) in [7, 11) is -1.09. The molecule has 1 aromatic carbocycles. The zero-order valence-electron chi connectivity index (χ0n) is 12.9. The van der Waals surface area contributed by atoms with Crippen LogP contribution in [-0.4, -0.2) is 33.9 Å². The lowest BCUT2D eigenvalue weighted by molar-refractivity contribution is 0.0262. The minimum absolute atomic E-state index is 0.0172. The number of benzene rings is 1. The zero-order chi connectivity index (χ0) is 15.2. The average molecular weight is 308 g/mol. The highest BCUT2D eigenvalue weighted by Gasteiger charge is 2.56. The normalized spacial score (nSPS) is 35.6. The van der Waals surface area contributed by atoms with Gasteiger partial charge in [0.1, 0.15) is 0 Å². The van der Waals surface area contributed by atoms with Crippen LogP contribution in [0.3, 0.4) is 0 Å². The van der Waals surface area contributed by atoms with E-state index in [9.17, 15) is 9.32 Å². The molecule has 2 fully saturated rings. The lowest BCUT2D eigenvalue weighted by atomic mass is 9.64. The molecule has 1 aliphatic carbocycles. The van der Waals surface area contributed by atoms with Crippen molar-refractivity contribution < 1.29 is 14.1 Å². The van der Waals surface area contributed by atoms with E-state index >= 15 is 0 Å². The molecule has 3 rings (SSSR count). The number of fused-ring (bicyclic) bond motifs is 2. The van der Waals surface area contributed by atoms with Gasteiger partial charge >= 0.3 is 0 Å². The quantitative estimate of drug-likeness (QED) is 0.933. The van der Waals surface area contributed by atoms with Crippen molar-refractivity contribution in [2.24, 2.45) is 17.3 Å². The Morgan fingerprint density at radius 2 is 2.00 bits per heavy atom. The molecule has 0 radical (unpaired) electrons. The fraction of sp³-hybridized carbons (Fsp3) is 0.647. The van der Waals surface area contributed by atoms with Gasteiger partial charge in [-0.25, -0.2) is 0 Å². The van der Waals surface area contributed by atoms with Crippen molar-refractivity contribution in [1.82, 2.24) is 0 Å². The largest absolute Gasteiger partial charge is 0.396 e. The molecule has 2 bridgehead atoms. The van der Waals surface area contributed by atoms with E-state index in [2.05, 4.69) is 13.8 Å². The fourth-order valence-electron chi connectivity index (χ4n) is 4.01. The molecular formula is C17H24O3S. The third-order valence-corrected chi connectivity index (χ3v) is 7.08. The fourth-order valence-corrected chi connectivity index (χ4v) is 5.84. The van der Waals surface area contributed by atoms with Crippen molar-refractivity contribution in [3.63, 3.8) is 0 Å². The van der Waals surface area contributed by atoms with Gasteiger partial charge in [0.2, 0.25) is 0 Å². The van der Waals surface area contributed by atoms with Gasteiger partial charge in [-0.2, -0.15) is 0 Å². The molecule has 116 valence electrons. The predicted octanol–water partition coefficient (Wildman–Crippen LogP) is 2.52. The molecule has 1 heterocycles. The molecule has 1 saturated heterocycles. The van der Waals surface area contributed by atoms with E-state index < -0.39 is 10.8 Å². The summed E-state index contributed by atoms with van der Waals surface area (Å²) in [5, 5.41) is 9.67. The summed E-state index contributed by atoms with van der Waals surface area (Å²) < 4.78 is 19.0. The van der Waals surface area contributed by atoms with E-state index in [1.807, 2.05) is 31.2 Å². The highest BCUT2D eigenvalue weighted by Crippen LogP contribution is 2.52. The topological polar surface area (TPSA) is 46.5 Å². The number of ether oxygens (including phenoxy) is 1. The maximum absolute atomic E-state index is 13.0. The van der Waals surface area contributed by atoms with E-state index in [-0.39, 0.29) is 29.3 Å². The van der Waals surface area contributed by atoms with Crippen molar-refractivity contribution in [3.8, 4) is 0 Å². The molecule has 2 aliphatic rings. The molecule has 4 heteroatoms. The number of hydrogen-bond acceptors (Lipinski definition) is 3. The molecule has 1 aliphatic heterocycles. The van der Waals surface area contributed by atoms with Crippen LogP contribution in [0, 0.1) is 24.2 Å². The van der Waals surface area contributed by atoms with Crippen LogP contribution in [0.2, 0.25) is 0 Å². The summed E-state index contributed by atoms with van der Waals surface area (Å²) in [6, 6.07) is 7.91. The van der Waals surface area contributed by atoms with Crippen LogP contribution in [0.25, 0.3) is 0 Å². The number of aliphatic hydroxyl groups excluding tert-OH is 1. The highest BCUT2D eigenvalue weighted by atomic mass is 32.2. The summed E-state index contributed by atoms with van der Waals surface area (Å²) in [4.78, 5) is 0.868. The predicted molar refractivity (Wildman–Crippen MR) is 83.6 cm³/mol. The molecule has 0 amide bonds. The van der Waals surface area contributed by atoms with Crippen LogP contribution in [0.5, 0.6) is 0 Å². The Labute approximate surface area is 129 Å². The van der Waals surface area contributed by atoms with Gasteiger partial charge in [-0.05, 0) is 42.7 Å². The minimum atomic E-state index is -1.09. The molecule has 1 aromatic rings. The lowest BCUT2D eigenvalue weighted by Gasteiger charge is -2.44. The van der Waals surface area contributed by atoms with Crippen LogP contribution in [-0.2, 0) is 15.5 Å². The Kier molecular flexibility index (Phi) is 3.97. The first-order chi connectivity index (χ1) is 9.95. The lowest BCUT2D eigenvalue weighted by Crippen LogP contribution is -2.49. The molecule has 0 aromatic heterocycles. The second-order valence-electron chi connectivity index (χ2n) is 7.01. The van der Waals surface area contributed by atoms with Gasteiger partial charge < -0.3 is 9.84 Å². The average Bonchev–Trinajstić information content (AvgIpc) is 2.66. The third kappa shape index (κ3) is 2.47. The maximum Gasteiger partial charge on any atom is 0.0776 e. The van der Waals surface area contributed by atoms with E-state index in [1.165, 1.54) is 5.56 Å². The Bertz CT molecular complexity index is 537. The summed E-state index contributed by atoms with van der Waals surface area (Å²) in [5.74, 6) is 0.567. The van der Waals surface area contributed by atoms with Crippen LogP contribution in [0.15, 0.2) is 29.2 Å². The smallest absolute Gasteiger partial charge is 0.0776 e. The van der Waals surface area contributed by atoms with Crippen LogP contribution in [0.4, 0.5) is 0 Å². The summed E-state index contributed by atoms with van der Waals surface area (Å²) in [5.41, 5.74) is 1.15. The number of hydrogen-bond donors (Lipinski definition) is 1. The van der Waals surface area contributed by atoms with Gasteiger partial charge in [0.05, 0.1) is 28.8 Å². The van der Waals surface area contributed by atoms with E-state index in [0.29, 0.717) is 12.5 Å². The van der Waals surface area contributed by atoms with Gasteiger partial charge in [0.25, 0.3) is 0 Å². The molecule has 1 saturated carbocycles. The zero-order valence-corrected chi connectivity index (χ0v) is 13.7.